The number of aliphatic hydroxyl groups excluding tert-OH is 1. The molecule has 192 valence electrons. The average molecular weight is 491 g/mol. The number of hydrogen-bond acceptors (Lipinski definition) is 9. The molecule has 0 aliphatic heterocycles. The topological polar surface area (TPSA) is 133 Å². The highest BCUT2D eigenvalue weighted by Crippen LogP contribution is 2.71. The van der Waals surface area contributed by atoms with Crippen LogP contribution in [-0.2, 0) is 38.2 Å². The van der Waals surface area contributed by atoms with Crippen LogP contribution in [-0.4, -0.2) is 59.0 Å². The fourth-order valence-corrected chi connectivity index (χ4v) is 8.16. The minimum Gasteiger partial charge on any atom is -0.462 e. The lowest BCUT2D eigenvalue weighted by atomic mass is 9.38. The standard InChI is InChI=1S/C26H34O9/c1-11-15-8-16(33-12(2)27)20-25(7)17(30)9-18(34-13(3)28)24(5,6)21(25)19(31)23(35-14(4)29)26(20,10-15)22(11)32/h15-18,20-21,23,30H,1,8-10H2,2-7H3/t15?,16-,17?,18-,20-,21+,23-,25?,26-/m0/s1. The van der Waals surface area contributed by atoms with E-state index < -0.39 is 76.2 Å². The Kier molecular flexibility index (Phi) is 5.82. The first-order chi connectivity index (χ1) is 16.1. The molecule has 9 nitrogen and oxygen atoms in total. The quantitative estimate of drug-likeness (QED) is 0.358. The van der Waals surface area contributed by atoms with Crippen LogP contribution in [0.1, 0.15) is 60.8 Å². The van der Waals surface area contributed by atoms with E-state index >= 15 is 0 Å². The van der Waals surface area contributed by atoms with Crippen LogP contribution in [0.2, 0.25) is 0 Å². The lowest BCUT2D eigenvalue weighted by Gasteiger charge is -2.66. The van der Waals surface area contributed by atoms with Gasteiger partial charge in [-0.05, 0) is 24.3 Å². The summed E-state index contributed by atoms with van der Waals surface area (Å²) in [6.07, 6.45) is -3.60. The molecular weight excluding hydrogens is 456 g/mol. The summed E-state index contributed by atoms with van der Waals surface area (Å²) in [7, 11) is 0. The third kappa shape index (κ3) is 3.33. The van der Waals surface area contributed by atoms with Crippen molar-refractivity contribution in [3.8, 4) is 0 Å². The molecule has 2 bridgehead atoms. The van der Waals surface area contributed by atoms with Crippen molar-refractivity contribution in [3.05, 3.63) is 12.2 Å². The first-order valence-electron chi connectivity index (χ1n) is 12.1. The van der Waals surface area contributed by atoms with E-state index in [0.717, 1.165) is 0 Å². The summed E-state index contributed by atoms with van der Waals surface area (Å²) < 4.78 is 16.9. The van der Waals surface area contributed by atoms with Gasteiger partial charge in [0.15, 0.2) is 17.7 Å². The van der Waals surface area contributed by atoms with Gasteiger partial charge in [-0.3, -0.25) is 24.0 Å². The van der Waals surface area contributed by atoms with E-state index in [9.17, 15) is 29.1 Å². The van der Waals surface area contributed by atoms with Crippen molar-refractivity contribution >= 4 is 29.5 Å². The molecular formula is C26H34O9. The van der Waals surface area contributed by atoms with Gasteiger partial charge in [0.1, 0.15) is 12.2 Å². The third-order valence-electron chi connectivity index (χ3n) is 9.18. The molecule has 4 saturated carbocycles. The van der Waals surface area contributed by atoms with Crippen LogP contribution >= 0.6 is 0 Å². The number of ether oxygens (including phenoxy) is 3. The second kappa shape index (κ2) is 7.98. The third-order valence-corrected chi connectivity index (χ3v) is 9.18. The van der Waals surface area contributed by atoms with Gasteiger partial charge in [0.05, 0.1) is 11.5 Å². The van der Waals surface area contributed by atoms with Crippen LogP contribution in [0.25, 0.3) is 0 Å². The van der Waals surface area contributed by atoms with Gasteiger partial charge in [-0.2, -0.15) is 0 Å². The number of ketones is 2. The number of aliphatic hydroxyl groups is 1. The molecule has 1 spiro atoms. The molecule has 9 atom stereocenters. The highest BCUT2D eigenvalue weighted by Gasteiger charge is 2.79. The number of allylic oxidation sites excluding steroid dienone is 1. The van der Waals surface area contributed by atoms with Crippen molar-refractivity contribution < 1.29 is 43.3 Å². The predicted molar refractivity (Wildman–Crippen MR) is 120 cm³/mol. The zero-order valence-electron chi connectivity index (χ0n) is 21.1. The van der Waals surface area contributed by atoms with E-state index in [-0.39, 0.29) is 24.5 Å². The SMILES string of the molecule is C=C1C(=O)[C@]23CC1C[C@H](OC(C)=O)[C@H]2C1(C)C(O)C[C@H](OC(C)=O)C(C)(C)[C@H]1C(=O)[C@@H]3OC(C)=O. The molecule has 0 amide bonds. The molecule has 4 fully saturated rings. The van der Waals surface area contributed by atoms with Crippen LogP contribution < -0.4 is 0 Å². The normalized spacial score (nSPS) is 43.6. The molecule has 3 unspecified atom stereocenters. The van der Waals surface area contributed by atoms with Crippen molar-refractivity contribution in [1.82, 2.24) is 0 Å². The molecule has 4 rings (SSSR count). The van der Waals surface area contributed by atoms with Gasteiger partial charge in [-0.25, -0.2) is 0 Å². The van der Waals surface area contributed by atoms with Gasteiger partial charge in [0, 0.05) is 49.9 Å². The lowest BCUT2D eigenvalue weighted by Crippen LogP contribution is -2.75. The smallest absolute Gasteiger partial charge is 0.303 e. The maximum Gasteiger partial charge on any atom is 0.303 e. The predicted octanol–water partition coefficient (Wildman–Crippen LogP) is 1.93. The summed E-state index contributed by atoms with van der Waals surface area (Å²) in [6, 6.07) is 0. The highest BCUT2D eigenvalue weighted by molar-refractivity contribution is 6.08. The first-order valence-corrected chi connectivity index (χ1v) is 12.1. The zero-order valence-corrected chi connectivity index (χ0v) is 21.1. The molecule has 0 aromatic heterocycles. The van der Waals surface area contributed by atoms with E-state index in [2.05, 4.69) is 6.58 Å². The molecule has 35 heavy (non-hydrogen) atoms. The van der Waals surface area contributed by atoms with Crippen molar-refractivity contribution in [1.29, 1.82) is 0 Å². The second-order valence-corrected chi connectivity index (χ2v) is 11.5. The van der Waals surface area contributed by atoms with Gasteiger partial charge in [0.2, 0.25) is 0 Å². The Labute approximate surface area is 204 Å². The van der Waals surface area contributed by atoms with Crippen LogP contribution in [0.3, 0.4) is 0 Å². The van der Waals surface area contributed by atoms with E-state index in [4.69, 9.17) is 14.2 Å². The molecule has 0 aromatic rings. The maximum atomic E-state index is 14.3. The summed E-state index contributed by atoms with van der Waals surface area (Å²) in [5, 5.41) is 11.6. The molecule has 0 radical (unpaired) electrons. The van der Waals surface area contributed by atoms with Gasteiger partial charge in [0.25, 0.3) is 0 Å². The Bertz CT molecular complexity index is 1030. The van der Waals surface area contributed by atoms with Crippen LogP contribution in [0.15, 0.2) is 12.2 Å². The summed E-state index contributed by atoms with van der Waals surface area (Å²) in [4.78, 5) is 64.4. The van der Waals surface area contributed by atoms with Crippen LogP contribution in [0, 0.1) is 34.0 Å². The molecule has 0 heterocycles. The Morgan fingerprint density at radius 2 is 1.51 bits per heavy atom. The van der Waals surface area contributed by atoms with Gasteiger partial charge in [-0.1, -0.05) is 27.4 Å². The summed E-state index contributed by atoms with van der Waals surface area (Å²) in [5.41, 5.74) is -3.40. The summed E-state index contributed by atoms with van der Waals surface area (Å²) >= 11 is 0. The number of carbonyl (C=O) groups excluding carboxylic acids is 5. The molecule has 9 heteroatoms. The molecule has 0 aromatic carbocycles. The largest absolute Gasteiger partial charge is 0.462 e. The lowest BCUT2D eigenvalue weighted by molar-refractivity contribution is -0.262. The van der Waals surface area contributed by atoms with Gasteiger partial charge in [-0.15, -0.1) is 0 Å². The fourth-order valence-electron chi connectivity index (χ4n) is 8.16. The first kappa shape index (κ1) is 25.5. The summed E-state index contributed by atoms with van der Waals surface area (Å²) in [5.74, 6) is -4.80. The number of carbonyl (C=O) groups is 5. The van der Waals surface area contributed by atoms with Crippen molar-refractivity contribution in [2.75, 3.05) is 0 Å². The minimum atomic E-state index is -1.50. The molecule has 1 N–H and O–H groups in total. The minimum absolute atomic E-state index is 0.0447. The fraction of sp³-hybridized carbons (Fsp3) is 0.731. The summed E-state index contributed by atoms with van der Waals surface area (Å²) in [6.45, 7) is 13.0. The molecule has 0 saturated heterocycles. The van der Waals surface area contributed by atoms with Gasteiger partial charge < -0.3 is 19.3 Å². The van der Waals surface area contributed by atoms with Gasteiger partial charge >= 0.3 is 17.9 Å². The Morgan fingerprint density at radius 1 is 0.943 bits per heavy atom. The van der Waals surface area contributed by atoms with Crippen LogP contribution in [0.4, 0.5) is 0 Å². The second-order valence-electron chi connectivity index (χ2n) is 11.5. The van der Waals surface area contributed by atoms with Crippen molar-refractivity contribution in [2.45, 2.75) is 85.2 Å². The highest BCUT2D eigenvalue weighted by atomic mass is 16.6. The number of esters is 3. The Balaban J connectivity index is 1.99. The van der Waals surface area contributed by atoms with E-state index in [0.29, 0.717) is 12.0 Å². The number of hydrogen-bond donors (Lipinski definition) is 1. The zero-order chi connectivity index (χ0) is 26.2. The van der Waals surface area contributed by atoms with E-state index in [1.54, 1.807) is 20.8 Å². The molecule has 4 aliphatic rings. The number of fused-ring (bicyclic) bond motifs is 3. The average Bonchev–Trinajstić information content (AvgIpc) is 2.90. The van der Waals surface area contributed by atoms with Crippen molar-refractivity contribution in [2.24, 2.45) is 34.0 Å². The van der Waals surface area contributed by atoms with E-state index in [1.807, 2.05) is 0 Å². The Hall–Kier alpha value is -2.55. The number of rotatable bonds is 3. The van der Waals surface area contributed by atoms with Crippen molar-refractivity contribution in [3.63, 3.8) is 0 Å². The monoisotopic (exact) mass is 490 g/mol. The van der Waals surface area contributed by atoms with Crippen LogP contribution in [0.5, 0.6) is 0 Å². The number of Topliss-reactive ketones (excluding diaryl/α,β-unsaturated/α-hetero) is 2. The Morgan fingerprint density at radius 3 is 2.06 bits per heavy atom. The van der Waals surface area contributed by atoms with E-state index in [1.165, 1.54) is 20.8 Å². The molecule has 4 aliphatic carbocycles. The maximum absolute atomic E-state index is 14.3.